The van der Waals surface area contributed by atoms with E-state index in [-0.39, 0.29) is 5.70 Å². The Morgan fingerprint density at radius 2 is 1.84 bits per heavy atom. The summed E-state index contributed by atoms with van der Waals surface area (Å²) in [5, 5.41) is 22.8. The molecule has 2 aliphatic rings. The molecule has 1 saturated heterocycles. The molecule has 0 aromatic carbocycles. The minimum atomic E-state index is -5.86. The fourth-order valence-electron chi connectivity index (χ4n) is 2.53. The van der Waals surface area contributed by atoms with Gasteiger partial charge in [0.05, 0.1) is 0 Å². The van der Waals surface area contributed by atoms with E-state index in [1.165, 1.54) is 6.08 Å². The van der Waals surface area contributed by atoms with Crippen LogP contribution in [0.4, 0.5) is 9.18 Å². The lowest BCUT2D eigenvalue weighted by Gasteiger charge is -2.34. The van der Waals surface area contributed by atoms with E-state index in [0.29, 0.717) is 4.90 Å². The van der Waals surface area contributed by atoms with Gasteiger partial charge in [-0.2, -0.15) is 8.62 Å². The van der Waals surface area contributed by atoms with Gasteiger partial charge in [-0.3, -0.25) is 9.42 Å². The van der Waals surface area contributed by atoms with Crippen molar-refractivity contribution >= 4 is 29.5 Å². The standard InChI is InChI=1S/C11H18FN2O14P3/c1-6-3-4-14(9(16)13-6)8-10(2,17)7(15)11(12,26-8)5-25-30(21,22)28-31(23,24)27-29(18,19)20/h3-4,7-8,15,17H,1,5H2,2H3,(H,13,16)(H,21,22)(H,23,24)(H2,18,19,20)/t7?,8-,10-,11-/m1/s1. The van der Waals surface area contributed by atoms with E-state index in [4.69, 9.17) is 19.4 Å². The minimum absolute atomic E-state index is 0.151. The Morgan fingerprint density at radius 3 is 2.35 bits per heavy atom. The third kappa shape index (κ3) is 6.27. The van der Waals surface area contributed by atoms with E-state index >= 15 is 4.39 Å². The number of aliphatic hydroxyl groups is 2. The molecular weight excluding hydrogens is 496 g/mol. The molecule has 16 nitrogen and oxygen atoms in total. The molecule has 0 saturated carbocycles. The van der Waals surface area contributed by atoms with Gasteiger partial charge in [-0.1, -0.05) is 6.58 Å². The molecule has 2 amide bonds. The maximum Gasteiger partial charge on any atom is 0.490 e. The first-order chi connectivity index (χ1) is 13.8. The van der Waals surface area contributed by atoms with Crippen molar-refractivity contribution in [3.63, 3.8) is 0 Å². The predicted molar refractivity (Wildman–Crippen MR) is 93.8 cm³/mol. The highest BCUT2D eigenvalue weighted by molar-refractivity contribution is 7.66. The van der Waals surface area contributed by atoms with Crippen LogP contribution in [-0.2, 0) is 31.6 Å². The van der Waals surface area contributed by atoms with Gasteiger partial charge < -0.3 is 39.8 Å². The first-order valence-electron chi connectivity index (χ1n) is 7.80. The molecule has 6 atom stereocenters. The van der Waals surface area contributed by atoms with E-state index in [9.17, 15) is 33.6 Å². The molecule has 178 valence electrons. The fourth-order valence-corrected chi connectivity index (χ4v) is 5.56. The number of phosphoric acid groups is 3. The normalized spacial score (nSPS) is 35.5. The summed E-state index contributed by atoms with van der Waals surface area (Å²) in [7, 11) is -17.3. The first-order valence-corrected chi connectivity index (χ1v) is 12.3. The lowest BCUT2D eigenvalue weighted by atomic mass is 9.95. The Hall–Kier alpha value is -1.03. The Labute approximate surface area is 173 Å². The summed E-state index contributed by atoms with van der Waals surface area (Å²) in [6.45, 7) is 2.61. The largest absolute Gasteiger partial charge is 0.490 e. The second kappa shape index (κ2) is 8.39. The molecule has 0 aliphatic carbocycles. The van der Waals surface area contributed by atoms with Crippen LogP contribution in [0.3, 0.4) is 0 Å². The number of carbonyl (C=O) groups is 1. The number of urea groups is 1. The molecule has 0 aromatic heterocycles. The summed E-state index contributed by atoms with van der Waals surface area (Å²) >= 11 is 0. The summed E-state index contributed by atoms with van der Waals surface area (Å²) in [6.07, 6.45) is -2.09. The lowest BCUT2D eigenvalue weighted by Crippen LogP contribution is -2.56. The first kappa shape index (κ1) is 26.2. The molecule has 3 unspecified atom stereocenters. The summed E-state index contributed by atoms with van der Waals surface area (Å²) in [6, 6.07) is -0.929. The van der Waals surface area contributed by atoms with Gasteiger partial charge in [0.15, 0.2) is 6.23 Å². The van der Waals surface area contributed by atoms with Crippen molar-refractivity contribution in [1.29, 1.82) is 0 Å². The van der Waals surface area contributed by atoms with Crippen LogP contribution in [0.5, 0.6) is 0 Å². The molecule has 1 fully saturated rings. The third-order valence-electron chi connectivity index (χ3n) is 3.80. The zero-order valence-corrected chi connectivity index (χ0v) is 18.0. The number of hydrogen-bond acceptors (Lipinski definition) is 10. The van der Waals surface area contributed by atoms with Crippen LogP contribution in [0.2, 0.25) is 0 Å². The topological polar surface area (TPSA) is 242 Å². The van der Waals surface area contributed by atoms with Crippen molar-refractivity contribution in [2.45, 2.75) is 30.7 Å². The van der Waals surface area contributed by atoms with Gasteiger partial charge in [0.25, 0.3) is 5.85 Å². The highest BCUT2D eigenvalue weighted by Gasteiger charge is 2.65. The van der Waals surface area contributed by atoms with E-state index in [1.54, 1.807) is 0 Å². The molecule has 20 heteroatoms. The molecule has 0 aromatic rings. The van der Waals surface area contributed by atoms with E-state index < -0.39 is 59.9 Å². The monoisotopic (exact) mass is 514 g/mol. The van der Waals surface area contributed by atoms with Crippen molar-refractivity contribution in [3.8, 4) is 0 Å². The number of hydrogen-bond donors (Lipinski definition) is 7. The van der Waals surface area contributed by atoms with Gasteiger partial charge in [0, 0.05) is 11.9 Å². The number of halogens is 1. The second-order valence-electron chi connectivity index (χ2n) is 6.43. The van der Waals surface area contributed by atoms with Gasteiger partial charge in [-0.05, 0) is 13.0 Å². The number of rotatable bonds is 8. The smallest absolute Gasteiger partial charge is 0.384 e. The Balaban J connectivity index is 2.16. The number of ether oxygens (including phenoxy) is 1. The molecule has 0 radical (unpaired) electrons. The summed E-state index contributed by atoms with van der Waals surface area (Å²) in [4.78, 5) is 48.0. The number of phosphoric ester groups is 1. The van der Waals surface area contributed by atoms with Gasteiger partial charge >= 0.3 is 29.5 Å². The molecular formula is C11H18FN2O14P3. The van der Waals surface area contributed by atoms with Crippen LogP contribution in [0.1, 0.15) is 6.92 Å². The number of allylic oxidation sites excluding steroid dienone is 1. The number of aliphatic hydroxyl groups excluding tert-OH is 1. The van der Waals surface area contributed by atoms with Crippen LogP contribution >= 0.6 is 23.5 Å². The number of nitrogens with one attached hydrogen (secondary N) is 1. The molecule has 31 heavy (non-hydrogen) atoms. The highest BCUT2D eigenvalue weighted by atomic mass is 31.3. The molecule has 0 spiro atoms. The zero-order valence-electron chi connectivity index (χ0n) is 15.3. The predicted octanol–water partition coefficient (Wildman–Crippen LogP) is -0.484. The molecule has 7 N–H and O–H groups in total. The number of nitrogens with zero attached hydrogens (tertiary/aromatic N) is 1. The SMILES string of the molecule is C=C1C=CN([C@@H]2O[C@](F)(COP(=O)(O)OP(=O)(O)OP(=O)(O)O)C(O)[C@@]2(C)O)C(=O)N1. The summed E-state index contributed by atoms with van der Waals surface area (Å²) < 4.78 is 64.6. The van der Waals surface area contributed by atoms with E-state index in [1.807, 2.05) is 0 Å². The summed E-state index contributed by atoms with van der Waals surface area (Å²) in [5.41, 5.74) is -2.35. The van der Waals surface area contributed by atoms with Crippen LogP contribution in [0.15, 0.2) is 24.6 Å². The second-order valence-corrected chi connectivity index (χ2v) is 10.8. The van der Waals surface area contributed by atoms with Crippen molar-refractivity contribution in [1.82, 2.24) is 10.2 Å². The maximum absolute atomic E-state index is 15.1. The average molecular weight is 514 g/mol. The third-order valence-corrected chi connectivity index (χ3v) is 7.58. The molecule has 2 rings (SSSR count). The molecule has 2 heterocycles. The van der Waals surface area contributed by atoms with Gasteiger partial charge in [0.1, 0.15) is 18.3 Å². The van der Waals surface area contributed by atoms with Crippen LogP contribution < -0.4 is 5.32 Å². The maximum atomic E-state index is 15.1. The highest BCUT2D eigenvalue weighted by Crippen LogP contribution is 2.66. The quantitative estimate of drug-likeness (QED) is 0.202. The summed E-state index contributed by atoms with van der Waals surface area (Å²) in [5.74, 6) is -3.47. The van der Waals surface area contributed by atoms with Gasteiger partial charge in [-0.15, -0.1) is 0 Å². The number of carbonyl (C=O) groups excluding carboxylic acids is 1. The lowest BCUT2D eigenvalue weighted by molar-refractivity contribution is -0.205. The Bertz CT molecular complexity index is 934. The van der Waals surface area contributed by atoms with Crippen LogP contribution in [0, 0.1) is 0 Å². The van der Waals surface area contributed by atoms with Crippen molar-refractivity contribution in [2.75, 3.05) is 6.61 Å². The van der Waals surface area contributed by atoms with Crippen molar-refractivity contribution in [3.05, 3.63) is 24.6 Å². The van der Waals surface area contributed by atoms with Gasteiger partial charge in [0.2, 0.25) is 0 Å². The molecule has 2 aliphatic heterocycles. The molecule has 0 bridgehead atoms. The van der Waals surface area contributed by atoms with Crippen LogP contribution in [0.25, 0.3) is 0 Å². The Kier molecular flexibility index (Phi) is 7.10. The van der Waals surface area contributed by atoms with Gasteiger partial charge in [-0.25, -0.2) is 22.9 Å². The van der Waals surface area contributed by atoms with E-state index in [2.05, 4.69) is 25.0 Å². The van der Waals surface area contributed by atoms with Crippen molar-refractivity contribution in [2.24, 2.45) is 0 Å². The average Bonchev–Trinajstić information content (AvgIpc) is 2.71. The van der Waals surface area contributed by atoms with Crippen LogP contribution in [-0.4, -0.2) is 71.1 Å². The van der Waals surface area contributed by atoms with Crippen molar-refractivity contribution < 1.29 is 70.5 Å². The van der Waals surface area contributed by atoms with E-state index in [0.717, 1.165) is 13.1 Å². The minimum Gasteiger partial charge on any atom is -0.384 e. The number of amides is 2. The fraction of sp³-hybridized carbons (Fsp3) is 0.545. The number of alkyl halides is 1. The zero-order chi connectivity index (χ0) is 24.0. The Morgan fingerprint density at radius 1 is 1.26 bits per heavy atom.